The van der Waals surface area contributed by atoms with Crippen LogP contribution in [0, 0.1) is 0 Å². The number of nitrogens with one attached hydrogen (secondary N) is 2. The van der Waals surface area contributed by atoms with Crippen LogP contribution in [0.1, 0.15) is 27.6 Å². The van der Waals surface area contributed by atoms with Crippen LogP contribution in [-0.2, 0) is 0 Å². The van der Waals surface area contributed by atoms with Crippen molar-refractivity contribution in [3.8, 4) is 11.5 Å². The Bertz CT molecular complexity index is 873. The molecule has 6 nitrogen and oxygen atoms in total. The second-order valence-electron chi connectivity index (χ2n) is 4.74. The van der Waals surface area contributed by atoms with Gasteiger partial charge in [0.25, 0.3) is 0 Å². The zero-order chi connectivity index (χ0) is 22.2. The molecule has 0 amide bonds. The molecule has 0 aliphatic carbocycles. The molecule has 0 unspecified atom stereocenters. The smallest absolute Gasteiger partial charge is 0.352 e. The van der Waals surface area contributed by atoms with Crippen molar-refractivity contribution in [1.82, 2.24) is 19.9 Å². The highest BCUT2D eigenvalue weighted by molar-refractivity contribution is 6.29. The van der Waals surface area contributed by atoms with Crippen LogP contribution in [0.25, 0.3) is 11.5 Å². The summed E-state index contributed by atoms with van der Waals surface area (Å²) in [6.45, 7) is -0.920. The maximum absolute atomic E-state index is 12.9. The summed E-state index contributed by atoms with van der Waals surface area (Å²) in [6, 6.07) is -1.89. The van der Waals surface area contributed by atoms with Crippen LogP contribution >= 0.6 is 11.6 Å². The molecule has 24 heavy (non-hydrogen) atoms. The number of rotatable bonds is 5. The Balaban J connectivity index is 2.54. The van der Waals surface area contributed by atoms with E-state index < -0.39 is 37.0 Å². The number of pyridine rings is 1. The Kier molecular flexibility index (Phi) is 3.65. The predicted molar refractivity (Wildman–Crippen MR) is 86.0 cm³/mol. The van der Waals surface area contributed by atoms with E-state index in [-0.39, 0.29) is 22.7 Å². The zero-order valence-electron chi connectivity index (χ0n) is 17.5. The van der Waals surface area contributed by atoms with E-state index in [0.717, 1.165) is 13.8 Å². The van der Waals surface area contributed by atoms with Crippen molar-refractivity contribution in [2.75, 3.05) is 10.6 Å². The minimum absolute atomic E-state index is 0.0452. The highest BCUT2D eigenvalue weighted by Gasteiger charge is 2.36. The highest BCUT2D eigenvalue weighted by Crippen LogP contribution is 2.24. The minimum atomic E-state index is -4.61. The fourth-order valence-corrected chi connectivity index (χ4v) is 1.69. The number of halogens is 4. The third-order valence-corrected chi connectivity index (χ3v) is 2.84. The summed E-state index contributed by atoms with van der Waals surface area (Å²) in [5, 5.41) is 4.24. The quantitative estimate of drug-likeness (QED) is 0.785. The molecule has 2 aromatic heterocycles. The zero-order valence-corrected chi connectivity index (χ0v) is 13.3. The van der Waals surface area contributed by atoms with Gasteiger partial charge in [-0.1, -0.05) is 17.6 Å². The molecule has 10 heteroatoms. The van der Waals surface area contributed by atoms with Gasteiger partial charge in [0.1, 0.15) is 16.9 Å². The maximum atomic E-state index is 12.9. The van der Waals surface area contributed by atoms with E-state index in [1.807, 2.05) is 5.32 Å². The van der Waals surface area contributed by atoms with Crippen LogP contribution in [0.3, 0.4) is 0 Å². The molecule has 0 aromatic carbocycles. The number of aromatic nitrogens is 4. The molecule has 0 spiro atoms. The first-order chi connectivity index (χ1) is 13.1. The third-order valence-electron chi connectivity index (χ3n) is 2.65. The fourth-order valence-electron chi connectivity index (χ4n) is 1.54. The topological polar surface area (TPSA) is 75.6 Å². The number of hydrogen-bond acceptors (Lipinski definition) is 6. The number of nitrogens with zero attached hydrogens (tertiary/aromatic N) is 4. The first-order valence-electron chi connectivity index (χ1n) is 9.10. The molecule has 0 saturated carbocycles. The fraction of sp³-hybridized carbons (Fsp3) is 0.429. The predicted octanol–water partition coefficient (Wildman–Crippen LogP) is 3.77. The molecule has 0 radical (unpaired) electrons. The van der Waals surface area contributed by atoms with E-state index in [1.54, 1.807) is 0 Å². The van der Waals surface area contributed by atoms with Gasteiger partial charge >= 0.3 is 6.18 Å². The van der Waals surface area contributed by atoms with E-state index in [1.165, 1.54) is 12.1 Å². The van der Waals surface area contributed by atoms with E-state index >= 15 is 0 Å². The molecule has 2 rings (SSSR count). The lowest BCUT2D eigenvalue weighted by molar-refractivity contribution is -0.138. The van der Waals surface area contributed by atoms with Gasteiger partial charge in [-0.25, -0.2) is 4.98 Å². The van der Waals surface area contributed by atoms with Crippen molar-refractivity contribution in [1.29, 1.82) is 0 Å². The Hall–Kier alpha value is -2.16. The summed E-state index contributed by atoms with van der Waals surface area (Å²) in [6.07, 6.45) is -4.61. The summed E-state index contributed by atoms with van der Waals surface area (Å²) in [4.78, 5) is 15.4. The van der Waals surface area contributed by atoms with Gasteiger partial charge in [0.15, 0.2) is 5.82 Å². The molecular weight excluding hydrogens is 345 g/mol. The molecule has 0 aliphatic heterocycles. The van der Waals surface area contributed by atoms with Crippen molar-refractivity contribution in [2.24, 2.45) is 0 Å². The van der Waals surface area contributed by atoms with Crippen LogP contribution in [0.4, 0.5) is 25.1 Å². The van der Waals surface area contributed by atoms with Crippen LogP contribution in [0.15, 0.2) is 18.2 Å². The van der Waals surface area contributed by atoms with Gasteiger partial charge in [-0.2, -0.15) is 28.1 Å². The van der Waals surface area contributed by atoms with Crippen molar-refractivity contribution < 1.29 is 20.0 Å². The number of alkyl halides is 3. The SMILES string of the molecule is [2H]c1cc(Cl)nc(-c2nc(N[C@H](C)C(F)(F)F)nc(N[C@@]([2H])(C)C([2H])([2H])[2H])n2)c1. The third kappa shape index (κ3) is 4.92. The van der Waals surface area contributed by atoms with Gasteiger partial charge in [-0.3, -0.25) is 0 Å². The molecule has 2 atom stereocenters. The minimum Gasteiger partial charge on any atom is -0.352 e. The van der Waals surface area contributed by atoms with E-state index in [4.69, 9.17) is 18.5 Å². The average Bonchev–Trinajstić information content (AvgIpc) is 2.51. The van der Waals surface area contributed by atoms with Crippen LogP contribution < -0.4 is 10.6 Å². The second kappa shape index (κ2) is 7.16. The van der Waals surface area contributed by atoms with Gasteiger partial charge in [0, 0.05) is 10.1 Å². The maximum Gasteiger partial charge on any atom is 0.408 e. The van der Waals surface area contributed by atoms with E-state index in [9.17, 15) is 13.2 Å². The Morgan fingerprint density at radius 3 is 2.42 bits per heavy atom. The Morgan fingerprint density at radius 2 is 1.83 bits per heavy atom. The summed E-state index contributed by atoms with van der Waals surface area (Å²) in [7, 11) is 0. The van der Waals surface area contributed by atoms with Crippen LogP contribution in [0.2, 0.25) is 5.15 Å². The van der Waals surface area contributed by atoms with Gasteiger partial charge in [-0.05, 0) is 32.8 Å². The lowest BCUT2D eigenvalue weighted by Gasteiger charge is -2.18. The lowest BCUT2D eigenvalue weighted by atomic mass is 10.3. The van der Waals surface area contributed by atoms with Crippen LogP contribution in [0.5, 0.6) is 0 Å². The summed E-state index contributed by atoms with van der Waals surface area (Å²) in [5.41, 5.74) is -0.0452. The summed E-state index contributed by atoms with van der Waals surface area (Å²) >= 11 is 5.80. The second-order valence-corrected chi connectivity index (χ2v) is 5.13. The monoisotopic (exact) mass is 365 g/mol. The first-order valence-corrected chi connectivity index (χ1v) is 6.98. The van der Waals surface area contributed by atoms with Gasteiger partial charge in [-0.15, -0.1) is 0 Å². The van der Waals surface area contributed by atoms with E-state index in [0.29, 0.717) is 0 Å². The molecule has 0 bridgehead atoms. The van der Waals surface area contributed by atoms with Crippen molar-refractivity contribution in [3.05, 3.63) is 23.3 Å². The molecule has 130 valence electrons. The largest absolute Gasteiger partial charge is 0.408 e. The van der Waals surface area contributed by atoms with Gasteiger partial charge in [0.05, 0.1) is 2.74 Å². The highest BCUT2D eigenvalue weighted by atomic mass is 35.5. The standard InChI is InChI=1S/C14H16ClF3N6/c1-7(2)19-12-22-11(9-5-4-6-10(15)21-9)23-13(24-12)20-8(3)14(16,17)18/h4-8H,1-3H3,(H2,19,20,22,23,24)/t8-/m1/s1/i1D3,4D,7D/t7-,8-. The Morgan fingerprint density at radius 1 is 1.17 bits per heavy atom. The molecular formula is C14H16ClF3N6. The van der Waals surface area contributed by atoms with Crippen molar-refractivity contribution in [2.45, 2.75) is 38.9 Å². The first kappa shape index (κ1) is 12.2. The number of hydrogen-bond donors (Lipinski definition) is 2. The summed E-state index contributed by atoms with van der Waals surface area (Å²) < 4.78 is 76.5. The van der Waals surface area contributed by atoms with Crippen LogP contribution in [-0.4, -0.2) is 38.2 Å². The molecule has 2 N–H and O–H groups in total. The average molecular weight is 366 g/mol. The number of anilines is 2. The summed E-state index contributed by atoms with van der Waals surface area (Å²) in [5.74, 6) is -1.26. The van der Waals surface area contributed by atoms with Crippen molar-refractivity contribution in [3.63, 3.8) is 0 Å². The molecule has 0 aliphatic rings. The molecule has 0 saturated heterocycles. The molecule has 2 aromatic rings. The van der Waals surface area contributed by atoms with Crippen molar-refractivity contribution >= 4 is 23.5 Å². The normalized spacial score (nSPS) is 19.0. The van der Waals surface area contributed by atoms with E-state index in [2.05, 4.69) is 25.3 Å². The Labute approximate surface area is 148 Å². The molecule has 0 fully saturated rings. The van der Waals surface area contributed by atoms with Gasteiger partial charge in [0.2, 0.25) is 11.9 Å². The lowest BCUT2D eigenvalue weighted by Crippen LogP contribution is -2.34. The molecule has 2 heterocycles. The van der Waals surface area contributed by atoms with Gasteiger partial charge < -0.3 is 10.6 Å².